The van der Waals surface area contributed by atoms with Crippen LogP contribution in [-0.2, 0) is 0 Å². The molecule has 0 spiro atoms. The molecule has 6 heteroatoms. The molecule has 3 aromatic heterocycles. The van der Waals surface area contributed by atoms with Crippen LogP contribution in [-0.4, -0.2) is 24.5 Å². The Morgan fingerprint density at radius 1 is 0.404 bits per heavy atom. The fourth-order valence-corrected chi connectivity index (χ4v) is 7.36. The minimum absolute atomic E-state index is 0.624. The Balaban J connectivity index is 1.18. The van der Waals surface area contributed by atoms with Gasteiger partial charge in [-0.2, -0.15) is 0 Å². The first kappa shape index (κ1) is 29.7. The fourth-order valence-electron chi connectivity index (χ4n) is 7.36. The van der Waals surface area contributed by atoms with E-state index in [4.69, 9.17) is 15.0 Å². The lowest BCUT2D eigenvalue weighted by molar-refractivity contribution is 1.07. The molecule has 6 nitrogen and oxygen atoms in total. The van der Waals surface area contributed by atoms with Crippen LogP contribution in [0.3, 0.4) is 0 Å². The van der Waals surface area contributed by atoms with Crippen LogP contribution in [0.25, 0.3) is 73.1 Å². The van der Waals surface area contributed by atoms with Crippen molar-refractivity contribution >= 4 is 28.0 Å². The van der Waals surface area contributed by atoms with Crippen molar-refractivity contribution in [3.8, 4) is 62.2 Å². The summed E-state index contributed by atoms with van der Waals surface area (Å²) in [5, 5.41) is 1.16. The van der Waals surface area contributed by atoms with E-state index in [9.17, 15) is 0 Å². The zero-order valence-electron chi connectivity index (χ0n) is 28.0. The van der Waals surface area contributed by atoms with Gasteiger partial charge in [0.15, 0.2) is 17.5 Å². The molecular weight excluding hydrogens is 637 g/mol. The topological polar surface area (TPSA) is 59.7 Å². The number of para-hydroxylation sites is 3. The van der Waals surface area contributed by atoms with Gasteiger partial charge in [-0.3, -0.25) is 4.98 Å². The molecule has 1 aliphatic rings. The Labute approximate surface area is 301 Å². The number of hydrogen-bond donors (Lipinski definition) is 0. The summed E-state index contributed by atoms with van der Waals surface area (Å²) in [6.45, 7) is 0. The highest BCUT2D eigenvalue weighted by Crippen LogP contribution is 2.54. The lowest BCUT2D eigenvalue weighted by Crippen LogP contribution is -2.11. The molecule has 0 aliphatic carbocycles. The van der Waals surface area contributed by atoms with E-state index in [1.165, 1.54) is 0 Å². The van der Waals surface area contributed by atoms with Crippen molar-refractivity contribution in [1.29, 1.82) is 0 Å². The van der Waals surface area contributed by atoms with Gasteiger partial charge >= 0.3 is 0 Å². The smallest absolute Gasteiger partial charge is 0.164 e. The molecular formula is C46H30N6. The Morgan fingerprint density at radius 2 is 0.942 bits per heavy atom. The van der Waals surface area contributed by atoms with Gasteiger partial charge in [0.05, 0.1) is 22.6 Å². The maximum absolute atomic E-state index is 4.97. The number of rotatable bonds is 5. The summed E-state index contributed by atoms with van der Waals surface area (Å²) in [4.78, 5) is 21.8. The van der Waals surface area contributed by atoms with Gasteiger partial charge in [0.2, 0.25) is 0 Å². The van der Waals surface area contributed by atoms with Crippen molar-refractivity contribution in [1.82, 2.24) is 24.5 Å². The van der Waals surface area contributed by atoms with Crippen molar-refractivity contribution in [3.63, 3.8) is 0 Å². The molecule has 244 valence electrons. The van der Waals surface area contributed by atoms with Crippen LogP contribution < -0.4 is 4.90 Å². The molecule has 0 amide bonds. The predicted molar refractivity (Wildman–Crippen MR) is 210 cm³/mol. The summed E-state index contributed by atoms with van der Waals surface area (Å²) in [5.41, 5.74) is 12.7. The first-order valence-electron chi connectivity index (χ1n) is 17.3. The van der Waals surface area contributed by atoms with Gasteiger partial charge in [0.25, 0.3) is 0 Å². The molecule has 0 bridgehead atoms. The maximum atomic E-state index is 4.97. The SMILES string of the molecule is c1ccc(-c2nc(-c3ccccc3)nc(-c3ccc(-n4c5c(c6ccccc64)-c4cnccc4N(c4ccccc4)c4ccccc4-5)cc3)n2)cc1. The van der Waals surface area contributed by atoms with Crippen molar-refractivity contribution in [3.05, 3.63) is 182 Å². The molecule has 9 aromatic rings. The van der Waals surface area contributed by atoms with Crippen LogP contribution >= 0.6 is 0 Å². The van der Waals surface area contributed by atoms with Crippen molar-refractivity contribution in [2.75, 3.05) is 4.90 Å². The second-order valence-electron chi connectivity index (χ2n) is 12.7. The molecule has 1 aliphatic heterocycles. The van der Waals surface area contributed by atoms with E-state index in [2.05, 4.69) is 124 Å². The number of benzene rings is 6. The summed E-state index contributed by atoms with van der Waals surface area (Å²) in [7, 11) is 0. The van der Waals surface area contributed by atoms with Crippen LogP contribution in [0, 0.1) is 0 Å². The molecule has 0 fully saturated rings. The first-order valence-corrected chi connectivity index (χ1v) is 17.3. The zero-order chi connectivity index (χ0) is 34.4. The third-order valence-electron chi connectivity index (χ3n) is 9.68. The van der Waals surface area contributed by atoms with Gasteiger partial charge in [-0.05, 0) is 54.6 Å². The number of nitrogens with zero attached hydrogens (tertiary/aromatic N) is 6. The molecule has 10 rings (SSSR count). The molecule has 0 atom stereocenters. The second-order valence-corrected chi connectivity index (χ2v) is 12.7. The third-order valence-corrected chi connectivity index (χ3v) is 9.68. The van der Waals surface area contributed by atoms with Gasteiger partial charge in [0.1, 0.15) is 0 Å². The van der Waals surface area contributed by atoms with E-state index in [1.807, 2.05) is 73.1 Å². The Hall–Kier alpha value is -7.18. The Morgan fingerprint density at radius 3 is 1.62 bits per heavy atom. The van der Waals surface area contributed by atoms with Crippen LogP contribution in [0.5, 0.6) is 0 Å². The minimum atomic E-state index is 0.624. The summed E-state index contributed by atoms with van der Waals surface area (Å²) in [6.07, 6.45) is 3.89. The van der Waals surface area contributed by atoms with Gasteiger partial charge in [0, 0.05) is 62.5 Å². The Kier molecular flexibility index (Phi) is 7.03. The van der Waals surface area contributed by atoms with Crippen LogP contribution in [0.4, 0.5) is 17.1 Å². The van der Waals surface area contributed by atoms with E-state index < -0.39 is 0 Å². The number of pyridine rings is 1. The lowest BCUT2D eigenvalue weighted by Gasteiger charge is -2.27. The van der Waals surface area contributed by atoms with Crippen molar-refractivity contribution in [2.24, 2.45) is 0 Å². The minimum Gasteiger partial charge on any atom is -0.309 e. The number of hydrogen-bond acceptors (Lipinski definition) is 5. The van der Waals surface area contributed by atoms with E-state index in [1.54, 1.807) is 0 Å². The maximum Gasteiger partial charge on any atom is 0.164 e. The summed E-state index contributed by atoms with van der Waals surface area (Å²) < 4.78 is 2.39. The van der Waals surface area contributed by atoms with Crippen molar-refractivity contribution in [2.45, 2.75) is 0 Å². The average Bonchev–Trinajstić information content (AvgIpc) is 3.51. The van der Waals surface area contributed by atoms with Gasteiger partial charge in [-0.25, -0.2) is 15.0 Å². The molecule has 0 saturated heterocycles. The van der Waals surface area contributed by atoms with E-state index in [-0.39, 0.29) is 0 Å². The van der Waals surface area contributed by atoms with Crippen LogP contribution in [0.1, 0.15) is 0 Å². The average molecular weight is 667 g/mol. The molecule has 52 heavy (non-hydrogen) atoms. The zero-order valence-corrected chi connectivity index (χ0v) is 28.0. The van der Waals surface area contributed by atoms with E-state index >= 15 is 0 Å². The highest BCUT2D eigenvalue weighted by molar-refractivity contribution is 6.12. The van der Waals surface area contributed by atoms with Gasteiger partial charge in [-0.15, -0.1) is 0 Å². The molecule has 0 N–H and O–H groups in total. The largest absolute Gasteiger partial charge is 0.309 e. The predicted octanol–water partition coefficient (Wildman–Crippen LogP) is 11.3. The Bertz CT molecular complexity index is 2660. The first-order chi connectivity index (χ1) is 25.8. The molecule has 6 aromatic carbocycles. The molecule has 0 saturated carbocycles. The molecule has 0 unspecified atom stereocenters. The summed E-state index contributed by atoms with van der Waals surface area (Å²) >= 11 is 0. The standard InChI is InChI=1S/C46H30N6/c1-4-14-31(15-5-1)44-48-45(32-16-6-2-7-17-32)50-46(49-44)33-24-26-35(27-25-33)52-39-22-12-10-20-36(39)42-38-30-47-29-28-41(38)51(34-18-8-3-9-19-34)40-23-13-11-21-37(40)43(42)52/h1-30H. The monoisotopic (exact) mass is 666 g/mol. The highest BCUT2D eigenvalue weighted by Gasteiger charge is 2.31. The number of aromatic nitrogens is 5. The quantitative estimate of drug-likeness (QED) is 0.183. The summed E-state index contributed by atoms with van der Waals surface area (Å²) in [6, 6.07) is 58.7. The van der Waals surface area contributed by atoms with Crippen LogP contribution in [0.2, 0.25) is 0 Å². The fraction of sp³-hybridized carbons (Fsp3) is 0. The highest BCUT2D eigenvalue weighted by atomic mass is 15.2. The van der Waals surface area contributed by atoms with Crippen molar-refractivity contribution < 1.29 is 0 Å². The summed E-state index contributed by atoms with van der Waals surface area (Å²) in [5.74, 6) is 1.91. The second kappa shape index (κ2) is 12.3. The number of anilines is 3. The molecule has 0 radical (unpaired) electrons. The van der Waals surface area contributed by atoms with Gasteiger partial charge < -0.3 is 9.47 Å². The molecule has 4 heterocycles. The normalized spacial score (nSPS) is 11.8. The van der Waals surface area contributed by atoms with E-state index in [0.29, 0.717) is 17.5 Å². The number of fused-ring (bicyclic) bond motifs is 7. The van der Waals surface area contributed by atoms with E-state index in [0.717, 1.165) is 72.7 Å². The van der Waals surface area contributed by atoms with Gasteiger partial charge in [-0.1, -0.05) is 115 Å². The third kappa shape index (κ3) is 4.88. The lowest BCUT2D eigenvalue weighted by atomic mass is 9.99. The van der Waals surface area contributed by atoms with Crippen LogP contribution in [0.15, 0.2) is 182 Å².